The van der Waals surface area contributed by atoms with Crippen molar-refractivity contribution in [3.8, 4) is 5.75 Å². The second-order valence-electron chi connectivity index (χ2n) is 5.98. The third-order valence-corrected chi connectivity index (χ3v) is 4.05. The molecule has 0 saturated heterocycles. The molecule has 134 valence electrons. The minimum atomic E-state index is -1.16. The lowest BCUT2D eigenvalue weighted by Gasteiger charge is -2.13. The first-order valence-corrected chi connectivity index (χ1v) is 7.96. The van der Waals surface area contributed by atoms with Crippen LogP contribution >= 0.6 is 0 Å². The van der Waals surface area contributed by atoms with Crippen LogP contribution in [0.15, 0.2) is 47.3 Å². The number of halogens is 1. The van der Waals surface area contributed by atoms with Gasteiger partial charge in [0.1, 0.15) is 11.6 Å². The largest absolute Gasteiger partial charge is 0.496 e. The van der Waals surface area contributed by atoms with E-state index < -0.39 is 11.8 Å². The first-order valence-electron chi connectivity index (χ1n) is 7.96. The number of hydrogen-bond acceptors (Lipinski definition) is 2. The van der Waals surface area contributed by atoms with Crippen LogP contribution in [0.5, 0.6) is 5.75 Å². The van der Waals surface area contributed by atoms with Crippen LogP contribution in [0.1, 0.15) is 36.1 Å². The van der Waals surface area contributed by atoms with Crippen LogP contribution in [0.4, 0.5) is 4.39 Å². The van der Waals surface area contributed by atoms with Gasteiger partial charge in [-0.3, -0.25) is 0 Å². The SMILES string of the molecule is COc1cc(C)c(C=CC(C)=CC=C(F)C(C)=CC(=O)O)c(C)c1C. The zero-order valence-electron chi connectivity index (χ0n) is 15.6. The van der Waals surface area contributed by atoms with Crippen LogP contribution < -0.4 is 4.74 Å². The predicted octanol–water partition coefficient (Wildman–Crippen LogP) is 5.46. The second-order valence-corrected chi connectivity index (χ2v) is 5.98. The Kier molecular flexibility index (Phi) is 7.37. The molecular formula is C21H25FO3. The minimum Gasteiger partial charge on any atom is -0.496 e. The molecule has 0 aliphatic rings. The normalized spacial score (nSPS) is 13.5. The zero-order chi connectivity index (χ0) is 19.1. The number of hydrogen-bond donors (Lipinski definition) is 1. The Bertz CT molecular complexity index is 781. The lowest BCUT2D eigenvalue weighted by atomic mass is 9.96. The third-order valence-electron chi connectivity index (χ3n) is 4.05. The Morgan fingerprint density at radius 3 is 2.36 bits per heavy atom. The van der Waals surface area contributed by atoms with Crippen LogP contribution in [0, 0.1) is 20.8 Å². The molecule has 4 heteroatoms. The van der Waals surface area contributed by atoms with E-state index in [0.717, 1.165) is 39.7 Å². The number of benzene rings is 1. The highest BCUT2D eigenvalue weighted by Crippen LogP contribution is 2.28. The van der Waals surface area contributed by atoms with E-state index in [4.69, 9.17) is 9.84 Å². The van der Waals surface area contributed by atoms with Crippen molar-refractivity contribution < 1.29 is 19.0 Å². The number of aryl methyl sites for hydroxylation is 1. The van der Waals surface area contributed by atoms with Crippen molar-refractivity contribution in [3.05, 3.63) is 69.6 Å². The zero-order valence-corrected chi connectivity index (χ0v) is 15.6. The Hall–Kier alpha value is -2.62. The summed E-state index contributed by atoms with van der Waals surface area (Å²) in [7, 11) is 1.66. The van der Waals surface area contributed by atoms with Gasteiger partial charge >= 0.3 is 5.97 Å². The van der Waals surface area contributed by atoms with E-state index >= 15 is 0 Å². The van der Waals surface area contributed by atoms with Gasteiger partial charge in [-0.25, -0.2) is 9.18 Å². The summed E-state index contributed by atoms with van der Waals surface area (Å²) in [4.78, 5) is 10.5. The van der Waals surface area contributed by atoms with Gasteiger partial charge in [0.05, 0.1) is 7.11 Å². The molecule has 0 fully saturated rings. The fourth-order valence-corrected chi connectivity index (χ4v) is 2.39. The highest BCUT2D eigenvalue weighted by molar-refractivity contribution is 5.81. The van der Waals surface area contributed by atoms with E-state index in [-0.39, 0.29) is 5.57 Å². The van der Waals surface area contributed by atoms with Crippen LogP contribution in [-0.4, -0.2) is 18.2 Å². The molecule has 0 unspecified atom stereocenters. The number of aliphatic carboxylic acids is 1. The maximum atomic E-state index is 13.8. The molecule has 0 spiro atoms. The summed E-state index contributed by atoms with van der Waals surface area (Å²) in [5.74, 6) is -0.865. The van der Waals surface area contributed by atoms with Crippen LogP contribution in [-0.2, 0) is 4.79 Å². The molecule has 0 aromatic heterocycles. The highest BCUT2D eigenvalue weighted by atomic mass is 19.1. The summed E-state index contributed by atoms with van der Waals surface area (Å²) >= 11 is 0. The van der Waals surface area contributed by atoms with E-state index in [2.05, 4.69) is 0 Å². The average Bonchev–Trinajstić information content (AvgIpc) is 2.54. The highest BCUT2D eigenvalue weighted by Gasteiger charge is 2.08. The molecule has 0 radical (unpaired) electrons. The molecule has 0 heterocycles. The number of carboxylic acid groups (broad SMARTS) is 1. The van der Waals surface area contributed by atoms with E-state index in [1.54, 1.807) is 13.2 Å². The van der Waals surface area contributed by atoms with E-state index in [9.17, 15) is 9.18 Å². The average molecular weight is 344 g/mol. The Morgan fingerprint density at radius 1 is 1.16 bits per heavy atom. The topological polar surface area (TPSA) is 46.5 Å². The van der Waals surface area contributed by atoms with E-state index in [1.165, 1.54) is 13.0 Å². The molecule has 0 bridgehead atoms. The van der Waals surface area contributed by atoms with E-state index in [0.29, 0.717) is 0 Å². The van der Waals surface area contributed by atoms with Gasteiger partial charge in [-0.15, -0.1) is 0 Å². The van der Waals surface area contributed by atoms with Gasteiger partial charge in [0.15, 0.2) is 0 Å². The molecule has 1 rings (SSSR count). The van der Waals surface area contributed by atoms with E-state index in [1.807, 2.05) is 45.9 Å². The lowest BCUT2D eigenvalue weighted by Crippen LogP contribution is -1.95. The van der Waals surface area contributed by atoms with Gasteiger partial charge in [-0.1, -0.05) is 23.8 Å². The monoisotopic (exact) mass is 344 g/mol. The number of carbonyl (C=O) groups is 1. The van der Waals surface area contributed by atoms with Crippen LogP contribution in [0.2, 0.25) is 0 Å². The number of carboxylic acids is 1. The molecule has 0 amide bonds. The maximum Gasteiger partial charge on any atom is 0.328 e. The number of methoxy groups -OCH3 is 1. The second kappa shape index (κ2) is 9.02. The van der Waals surface area contributed by atoms with Gasteiger partial charge in [-0.2, -0.15) is 0 Å². The molecule has 1 aromatic rings. The van der Waals surface area contributed by atoms with Crippen molar-refractivity contribution in [2.75, 3.05) is 7.11 Å². The summed E-state index contributed by atoms with van der Waals surface area (Å²) in [6.07, 6.45) is 7.63. The molecular weight excluding hydrogens is 319 g/mol. The van der Waals surface area contributed by atoms with Gasteiger partial charge < -0.3 is 9.84 Å². The van der Waals surface area contributed by atoms with Gasteiger partial charge in [0.25, 0.3) is 0 Å². The molecule has 1 aromatic carbocycles. The molecule has 0 aliphatic heterocycles. The third kappa shape index (κ3) is 5.75. The Balaban J connectivity index is 3.06. The first-order chi connectivity index (χ1) is 11.7. The first kappa shape index (κ1) is 20.4. The van der Waals surface area contributed by atoms with Crippen molar-refractivity contribution >= 4 is 12.0 Å². The van der Waals surface area contributed by atoms with Crippen molar-refractivity contribution in [2.45, 2.75) is 34.6 Å². The van der Waals surface area contributed by atoms with Gasteiger partial charge in [0.2, 0.25) is 0 Å². The standard InChI is InChI=1S/C21H25FO3/c1-13(8-10-19(22)15(3)12-21(23)24)7-9-18-14(2)11-20(25-6)17(5)16(18)4/h7-12H,1-6H3,(H,23,24). The summed E-state index contributed by atoms with van der Waals surface area (Å²) in [5, 5.41) is 8.63. The molecule has 0 atom stereocenters. The van der Waals surface area contributed by atoms with Gasteiger partial charge in [-0.05, 0) is 74.6 Å². The molecule has 0 aliphatic carbocycles. The summed E-state index contributed by atoms with van der Waals surface area (Å²) in [5.41, 5.74) is 5.38. The number of rotatable bonds is 6. The smallest absolute Gasteiger partial charge is 0.328 e. The van der Waals surface area contributed by atoms with Gasteiger partial charge in [0, 0.05) is 6.08 Å². The fraction of sp³-hybridized carbons (Fsp3) is 0.286. The molecule has 25 heavy (non-hydrogen) atoms. The summed E-state index contributed by atoms with van der Waals surface area (Å²) in [6, 6.07) is 2.00. The quantitative estimate of drug-likeness (QED) is 0.550. The lowest BCUT2D eigenvalue weighted by molar-refractivity contribution is -0.131. The van der Waals surface area contributed by atoms with Crippen molar-refractivity contribution in [2.24, 2.45) is 0 Å². The number of allylic oxidation sites excluding steroid dienone is 6. The fourth-order valence-electron chi connectivity index (χ4n) is 2.39. The maximum absolute atomic E-state index is 13.8. The summed E-state index contributed by atoms with van der Waals surface area (Å²) in [6.45, 7) is 9.36. The van der Waals surface area contributed by atoms with Crippen LogP contribution in [0.25, 0.3) is 6.08 Å². The van der Waals surface area contributed by atoms with Crippen molar-refractivity contribution in [1.29, 1.82) is 0 Å². The predicted molar refractivity (Wildman–Crippen MR) is 101 cm³/mol. The molecule has 0 saturated carbocycles. The number of ether oxygens (including phenoxy) is 1. The molecule has 1 N–H and O–H groups in total. The summed E-state index contributed by atoms with van der Waals surface area (Å²) < 4.78 is 19.2. The minimum absolute atomic E-state index is 0.0815. The van der Waals surface area contributed by atoms with Crippen molar-refractivity contribution in [1.82, 2.24) is 0 Å². The van der Waals surface area contributed by atoms with Crippen LogP contribution in [0.3, 0.4) is 0 Å². The Morgan fingerprint density at radius 2 is 1.80 bits per heavy atom. The Labute approximate surface area is 148 Å². The molecule has 3 nitrogen and oxygen atoms in total. The van der Waals surface area contributed by atoms with Crippen molar-refractivity contribution in [3.63, 3.8) is 0 Å².